The number of fused-ring (bicyclic) bond motifs is 1. The number of hydrogen-bond donors (Lipinski definition) is 2. The first kappa shape index (κ1) is 21.4. The molecule has 2 aromatic heterocycles. The summed E-state index contributed by atoms with van der Waals surface area (Å²) < 4.78 is 5.05. The molecule has 8 nitrogen and oxygen atoms in total. The number of thiazole rings is 1. The Morgan fingerprint density at radius 1 is 1.12 bits per heavy atom. The summed E-state index contributed by atoms with van der Waals surface area (Å²) >= 11 is 1.55. The van der Waals surface area contributed by atoms with E-state index in [0.29, 0.717) is 22.4 Å². The minimum absolute atomic E-state index is 0.00672. The quantitative estimate of drug-likeness (QED) is 0.419. The maximum absolute atomic E-state index is 12.2. The average molecular weight is 449 g/mol. The van der Waals surface area contributed by atoms with Crippen molar-refractivity contribution >= 4 is 39.8 Å². The molecule has 0 saturated heterocycles. The third-order valence-electron chi connectivity index (χ3n) is 4.65. The number of esters is 1. The summed E-state index contributed by atoms with van der Waals surface area (Å²) in [4.78, 5) is 47.7. The third-order valence-corrected chi connectivity index (χ3v) is 5.43. The van der Waals surface area contributed by atoms with Gasteiger partial charge >= 0.3 is 5.97 Å². The van der Waals surface area contributed by atoms with Gasteiger partial charge in [-0.3, -0.25) is 14.4 Å². The Labute approximate surface area is 187 Å². The fraction of sp³-hybridized carbons (Fsp3) is 0.174. The van der Waals surface area contributed by atoms with E-state index in [-0.39, 0.29) is 18.4 Å². The van der Waals surface area contributed by atoms with Gasteiger partial charge in [0.1, 0.15) is 5.82 Å². The summed E-state index contributed by atoms with van der Waals surface area (Å²) in [6.07, 6.45) is 0.197. The molecule has 4 rings (SSSR count). The smallest absolute Gasteiger partial charge is 0.306 e. The molecular formula is C23H20N4O4S. The normalized spacial score (nSPS) is 10.8. The highest BCUT2D eigenvalue weighted by Crippen LogP contribution is 2.24. The predicted molar refractivity (Wildman–Crippen MR) is 123 cm³/mol. The number of H-pyrrole nitrogens is 1. The zero-order chi connectivity index (χ0) is 22.5. The molecule has 0 bridgehead atoms. The van der Waals surface area contributed by atoms with Crippen LogP contribution in [0.25, 0.3) is 22.2 Å². The number of nitrogens with one attached hydrogen (secondary N) is 2. The number of ether oxygens (including phenoxy) is 1. The summed E-state index contributed by atoms with van der Waals surface area (Å²) in [7, 11) is 0. The van der Waals surface area contributed by atoms with Crippen molar-refractivity contribution in [3.8, 4) is 11.3 Å². The fourth-order valence-electron chi connectivity index (χ4n) is 3.14. The second-order valence-electron chi connectivity index (χ2n) is 7.07. The first-order valence-corrected chi connectivity index (χ1v) is 10.8. The number of carbonyl (C=O) groups is 2. The molecule has 2 N–H and O–H groups in total. The van der Waals surface area contributed by atoms with E-state index < -0.39 is 18.5 Å². The standard InChI is InChI=1S/C23H20N4O4S/c1-14-24-19(13-32-14)15-5-4-6-16(11-15)25-21(28)12-31-22(29)10-9-20-26-18-8-3-2-7-17(18)23(30)27-20/h2-8,11,13H,9-10,12H2,1H3,(H,25,28)(H,26,27,30). The molecule has 2 heterocycles. The largest absolute Gasteiger partial charge is 0.456 e. The van der Waals surface area contributed by atoms with Crippen molar-refractivity contribution in [1.82, 2.24) is 15.0 Å². The van der Waals surface area contributed by atoms with Gasteiger partial charge < -0.3 is 15.0 Å². The number of anilines is 1. The zero-order valence-electron chi connectivity index (χ0n) is 17.3. The Hall–Kier alpha value is -3.85. The number of rotatable bonds is 7. The Balaban J connectivity index is 1.28. The van der Waals surface area contributed by atoms with Crippen molar-refractivity contribution in [2.24, 2.45) is 0 Å². The minimum Gasteiger partial charge on any atom is -0.456 e. The summed E-state index contributed by atoms with van der Waals surface area (Å²) in [5.74, 6) is -0.603. The maximum Gasteiger partial charge on any atom is 0.306 e. The van der Waals surface area contributed by atoms with Crippen LogP contribution in [0.4, 0.5) is 5.69 Å². The van der Waals surface area contributed by atoms with E-state index in [1.807, 2.05) is 30.5 Å². The molecule has 0 unspecified atom stereocenters. The van der Waals surface area contributed by atoms with Crippen LogP contribution in [-0.4, -0.2) is 33.4 Å². The van der Waals surface area contributed by atoms with Crippen LogP contribution in [0.3, 0.4) is 0 Å². The number of aromatic nitrogens is 3. The zero-order valence-corrected chi connectivity index (χ0v) is 18.1. The monoisotopic (exact) mass is 448 g/mol. The van der Waals surface area contributed by atoms with Crippen molar-refractivity contribution in [2.45, 2.75) is 19.8 Å². The molecule has 0 radical (unpaired) electrons. The lowest BCUT2D eigenvalue weighted by molar-refractivity contribution is -0.147. The van der Waals surface area contributed by atoms with Gasteiger partial charge in [-0.1, -0.05) is 24.3 Å². The number of para-hydroxylation sites is 1. The first-order chi connectivity index (χ1) is 15.5. The number of amides is 1. The highest BCUT2D eigenvalue weighted by molar-refractivity contribution is 7.09. The van der Waals surface area contributed by atoms with Crippen molar-refractivity contribution in [3.05, 3.63) is 75.1 Å². The first-order valence-electron chi connectivity index (χ1n) is 9.94. The second-order valence-corrected chi connectivity index (χ2v) is 8.13. The van der Waals surface area contributed by atoms with Gasteiger partial charge in [0.05, 0.1) is 28.0 Å². The van der Waals surface area contributed by atoms with Gasteiger partial charge in [-0.15, -0.1) is 11.3 Å². The maximum atomic E-state index is 12.2. The number of hydrogen-bond acceptors (Lipinski definition) is 7. The van der Waals surface area contributed by atoms with E-state index in [1.54, 1.807) is 41.7 Å². The van der Waals surface area contributed by atoms with Gasteiger partial charge in [0.2, 0.25) is 0 Å². The molecule has 0 aliphatic heterocycles. The molecule has 0 aliphatic rings. The summed E-state index contributed by atoms with van der Waals surface area (Å²) in [5.41, 5.74) is 2.63. The minimum atomic E-state index is -0.553. The second kappa shape index (κ2) is 9.52. The molecule has 1 amide bonds. The van der Waals surface area contributed by atoms with Crippen LogP contribution < -0.4 is 10.9 Å². The molecule has 0 spiro atoms. The van der Waals surface area contributed by atoms with Crippen molar-refractivity contribution < 1.29 is 14.3 Å². The lowest BCUT2D eigenvalue weighted by Crippen LogP contribution is -2.21. The lowest BCUT2D eigenvalue weighted by Gasteiger charge is -2.08. The predicted octanol–water partition coefficient (Wildman–Crippen LogP) is 3.47. The molecule has 0 saturated carbocycles. The number of nitrogens with zero attached hydrogens (tertiary/aromatic N) is 2. The van der Waals surface area contributed by atoms with Crippen LogP contribution in [0.1, 0.15) is 17.3 Å². The average Bonchev–Trinajstić information content (AvgIpc) is 3.23. The van der Waals surface area contributed by atoms with Gasteiger partial charge in [0.25, 0.3) is 11.5 Å². The molecule has 32 heavy (non-hydrogen) atoms. The molecule has 4 aromatic rings. The number of carbonyl (C=O) groups excluding carboxylic acids is 2. The van der Waals surface area contributed by atoms with Crippen LogP contribution in [0.2, 0.25) is 0 Å². The van der Waals surface area contributed by atoms with Gasteiger partial charge in [-0.25, -0.2) is 9.97 Å². The van der Waals surface area contributed by atoms with E-state index in [1.165, 1.54) is 0 Å². The van der Waals surface area contributed by atoms with Gasteiger partial charge in [0, 0.05) is 23.1 Å². The van der Waals surface area contributed by atoms with Crippen molar-refractivity contribution in [2.75, 3.05) is 11.9 Å². The van der Waals surface area contributed by atoms with Crippen LogP contribution in [0.15, 0.2) is 58.7 Å². The van der Waals surface area contributed by atoms with Crippen LogP contribution in [-0.2, 0) is 20.7 Å². The number of aromatic amines is 1. The topological polar surface area (TPSA) is 114 Å². The van der Waals surface area contributed by atoms with Gasteiger partial charge in [0.15, 0.2) is 6.61 Å². The highest BCUT2D eigenvalue weighted by atomic mass is 32.1. The van der Waals surface area contributed by atoms with E-state index >= 15 is 0 Å². The lowest BCUT2D eigenvalue weighted by atomic mass is 10.1. The number of aryl methyl sites for hydroxylation is 2. The molecule has 0 atom stereocenters. The Bertz CT molecular complexity index is 1350. The Morgan fingerprint density at radius 2 is 1.97 bits per heavy atom. The van der Waals surface area contributed by atoms with Crippen LogP contribution in [0.5, 0.6) is 0 Å². The van der Waals surface area contributed by atoms with Gasteiger partial charge in [-0.2, -0.15) is 0 Å². The fourth-order valence-corrected chi connectivity index (χ4v) is 3.76. The summed E-state index contributed by atoms with van der Waals surface area (Å²) in [6.45, 7) is 1.53. The van der Waals surface area contributed by atoms with Gasteiger partial charge in [-0.05, 0) is 31.2 Å². The van der Waals surface area contributed by atoms with E-state index in [4.69, 9.17) is 4.74 Å². The Morgan fingerprint density at radius 3 is 2.78 bits per heavy atom. The summed E-state index contributed by atoms with van der Waals surface area (Å²) in [6, 6.07) is 14.3. The highest BCUT2D eigenvalue weighted by Gasteiger charge is 2.11. The molecule has 162 valence electrons. The van der Waals surface area contributed by atoms with Crippen LogP contribution >= 0.6 is 11.3 Å². The summed E-state index contributed by atoms with van der Waals surface area (Å²) in [5, 5.41) is 6.12. The van der Waals surface area contributed by atoms with E-state index in [2.05, 4.69) is 20.3 Å². The molecular weight excluding hydrogens is 428 g/mol. The van der Waals surface area contributed by atoms with Crippen molar-refractivity contribution in [3.63, 3.8) is 0 Å². The van der Waals surface area contributed by atoms with Crippen molar-refractivity contribution in [1.29, 1.82) is 0 Å². The Kier molecular flexibility index (Phi) is 6.37. The molecule has 0 fully saturated rings. The third kappa shape index (κ3) is 5.25. The SMILES string of the molecule is Cc1nc(-c2cccc(NC(=O)COC(=O)CCc3nc4ccccc4c(=O)[nH]3)c2)cs1. The number of benzene rings is 2. The molecule has 0 aliphatic carbocycles. The molecule has 9 heteroatoms. The van der Waals surface area contributed by atoms with Crippen LogP contribution in [0, 0.1) is 6.92 Å². The van der Waals surface area contributed by atoms with E-state index in [0.717, 1.165) is 16.3 Å². The molecule has 2 aromatic carbocycles. The van der Waals surface area contributed by atoms with E-state index in [9.17, 15) is 14.4 Å².